The Labute approximate surface area is 85.8 Å². The average molecular weight is 200 g/mol. The van der Waals surface area contributed by atoms with Crippen molar-refractivity contribution in [2.24, 2.45) is 0 Å². The highest BCUT2D eigenvalue weighted by Gasteiger charge is 2.36. The van der Waals surface area contributed by atoms with Crippen molar-refractivity contribution in [2.75, 3.05) is 0 Å². The minimum absolute atomic E-state index is 0.125. The molecule has 82 valence electrons. The van der Waals surface area contributed by atoms with Crippen LogP contribution in [0.3, 0.4) is 0 Å². The molecule has 0 aromatic heterocycles. The fourth-order valence-corrected chi connectivity index (χ4v) is 0.649. The Morgan fingerprint density at radius 2 is 1.36 bits per heavy atom. The van der Waals surface area contributed by atoms with Gasteiger partial charge in [-0.1, -0.05) is 11.8 Å². The van der Waals surface area contributed by atoms with Gasteiger partial charge in [-0.15, -0.1) is 0 Å². The molecule has 0 aromatic rings. The van der Waals surface area contributed by atoms with Crippen LogP contribution in [0.2, 0.25) is 0 Å². The molecule has 1 atom stereocenters. The van der Waals surface area contributed by atoms with Crippen molar-refractivity contribution in [3.05, 3.63) is 0 Å². The molecule has 0 aliphatic heterocycles. The van der Waals surface area contributed by atoms with Crippen LogP contribution in [0.1, 0.15) is 41.0 Å². The Hall–Kier alpha value is -0.560. The summed E-state index contributed by atoms with van der Waals surface area (Å²) in [6, 6.07) is 0. The van der Waals surface area contributed by atoms with Crippen LogP contribution in [-0.4, -0.2) is 32.1 Å². The molecule has 3 heteroatoms. The molecule has 0 spiro atoms. The topological polar surface area (TPSA) is 60.7 Å². The lowest BCUT2D eigenvalue weighted by Gasteiger charge is -2.34. The van der Waals surface area contributed by atoms with Crippen LogP contribution < -0.4 is 0 Å². The van der Waals surface area contributed by atoms with Crippen molar-refractivity contribution in [2.45, 2.75) is 57.8 Å². The standard InChI is InChI=1S/C11H20O3/c1-9(2,12)7-6-8-11(5,14)10(3,4)13/h12-14H,8H2,1-5H3. The Kier molecular flexibility index (Phi) is 3.74. The van der Waals surface area contributed by atoms with E-state index in [2.05, 4.69) is 11.8 Å². The molecule has 3 nitrogen and oxygen atoms in total. The van der Waals surface area contributed by atoms with Crippen LogP contribution in [0.4, 0.5) is 0 Å². The summed E-state index contributed by atoms with van der Waals surface area (Å²) in [6.45, 7) is 7.71. The predicted molar refractivity (Wildman–Crippen MR) is 55.6 cm³/mol. The zero-order valence-electron chi connectivity index (χ0n) is 9.55. The van der Waals surface area contributed by atoms with Gasteiger partial charge in [0, 0.05) is 6.42 Å². The monoisotopic (exact) mass is 200 g/mol. The molecule has 0 saturated carbocycles. The van der Waals surface area contributed by atoms with Gasteiger partial charge in [0.1, 0.15) is 11.2 Å². The number of hydrogen-bond acceptors (Lipinski definition) is 3. The molecule has 0 aliphatic rings. The van der Waals surface area contributed by atoms with E-state index in [-0.39, 0.29) is 6.42 Å². The molecular formula is C11H20O3. The smallest absolute Gasteiger partial charge is 0.119 e. The number of rotatable bonds is 2. The maximum atomic E-state index is 9.81. The first-order valence-electron chi connectivity index (χ1n) is 4.63. The molecule has 0 aliphatic carbocycles. The first kappa shape index (κ1) is 13.4. The van der Waals surface area contributed by atoms with Crippen molar-refractivity contribution < 1.29 is 15.3 Å². The Balaban J connectivity index is 4.46. The zero-order valence-corrected chi connectivity index (χ0v) is 9.55. The fourth-order valence-electron chi connectivity index (χ4n) is 0.649. The van der Waals surface area contributed by atoms with Gasteiger partial charge in [-0.25, -0.2) is 0 Å². The molecule has 0 radical (unpaired) electrons. The minimum atomic E-state index is -1.27. The normalized spacial score (nSPS) is 16.9. The van der Waals surface area contributed by atoms with E-state index in [0.29, 0.717) is 0 Å². The third kappa shape index (κ3) is 4.61. The van der Waals surface area contributed by atoms with E-state index in [1.54, 1.807) is 13.8 Å². The van der Waals surface area contributed by atoms with Crippen molar-refractivity contribution in [1.29, 1.82) is 0 Å². The van der Waals surface area contributed by atoms with Gasteiger partial charge in [0.05, 0.1) is 5.60 Å². The van der Waals surface area contributed by atoms with Crippen LogP contribution in [-0.2, 0) is 0 Å². The van der Waals surface area contributed by atoms with Gasteiger partial charge in [-0.3, -0.25) is 0 Å². The number of aliphatic hydroxyl groups is 3. The molecule has 0 fully saturated rings. The lowest BCUT2D eigenvalue weighted by Crippen LogP contribution is -2.47. The van der Waals surface area contributed by atoms with Gasteiger partial charge in [-0.2, -0.15) is 0 Å². The summed E-state index contributed by atoms with van der Waals surface area (Å²) in [5.41, 5.74) is -3.54. The van der Waals surface area contributed by atoms with E-state index in [9.17, 15) is 15.3 Å². The van der Waals surface area contributed by atoms with Gasteiger partial charge < -0.3 is 15.3 Å². The fraction of sp³-hybridized carbons (Fsp3) is 0.818. The maximum absolute atomic E-state index is 9.81. The third-order valence-electron chi connectivity index (χ3n) is 2.14. The summed E-state index contributed by atoms with van der Waals surface area (Å²) in [7, 11) is 0. The predicted octanol–water partition coefficient (Wildman–Crippen LogP) is 0.673. The Morgan fingerprint density at radius 3 is 1.64 bits per heavy atom. The van der Waals surface area contributed by atoms with E-state index in [1.165, 1.54) is 20.8 Å². The highest BCUT2D eigenvalue weighted by molar-refractivity contribution is 5.13. The van der Waals surface area contributed by atoms with Crippen LogP contribution in [0.25, 0.3) is 0 Å². The maximum Gasteiger partial charge on any atom is 0.119 e. The molecule has 0 rings (SSSR count). The summed E-state index contributed by atoms with van der Waals surface area (Å²) in [6.07, 6.45) is 0.125. The highest BCUT2D eigenvalue weighted by atomic mass is 16.4. The molecule has 0 bridgehead atoms. The summed E-state index contributed by atoms with van der Waals surface area (Å²) in [5.74, 6) is 5.25. The lowest BCUT2D eigenvalue weighted by atomic mass is 9.85. The summed E-state index contributed by atoms with van der Waals surface area (Å²) in [5, 5.41) is 28.7. The number of hydrogen-bond donors (Lipinski definition) is 3. The highest BCUT2D eigenvalue weighted by Crippen LogP contribution is 2.24. The molecule has 3 N–H and O–H groups in total. The van der Waals surface area contributed by atoms with Crippen LogP contribution in [0.5, 0.6) is 0 Å². The second kappa shape index (κ2) is 3.90. The third-order valence-corrected chi connectivity index (χ3v) is 2.14. The molecule has 1 unspecified atom stereocenters. The first-order chi connectivity index (χ1) is 5.96. The molecular weight excluding hydrogens is 180 g/mol. The van der Waals surface area contributed by atoms with Gasteiger partial charge in [0.15, 0.2) is 0 Å². The van der Waals surface area contributed by atoms with Gasteiger partial charge in [-0.05, 0) is 34.6 Å². The second-order valence-electron chi connectivity index (χ2n) is 4.87. The second-order valence-corrected chi connectivity index (χ2v) is 4.87. The molecule has 0 saturated heterocycles. The van der Waals surface area contributed by atoms with Crippen LogP contribution in [0.15, 0.2) is 0 Å². The quantitative estimate of drug-likeness (QED) is 0.574. The lowest BCUT2D eigenvalue weighted by molar-refractivity contribution is -0.116. The summed E-state index contributed by atoms with van der Waals surface area (Å²) < 4.78 is 0. The van der Waals surface area contributed by atoms with E-state index < -0.39 is 16.8 Å². The van der Waals surface area contributed by atoms with Gasteiger partial charge in [0.25, 0.3) is 0 Å². The van der Waals surface area contributed by atoms with E-state index >= 15 is 0 Å². The van der Waals surface area contributed by atoms with Crippen LogP contribution in [0, 0.1) is 11.8 Å². The molecule has 14 heavy (non-hydrogen) atoms. The van der Waals surface area contributed by atoms with Crippen molar-refractivity contribution in [1.82, 2.24) is 0 Å². The van der Waals surface area contributed by atoms with E-state index in [0.717, 1.165) is 0 Å². The average Bonchev–Trinajstić information content (AvgIpc) is 1.80. The summed E-state index contributed by atoms with van der Waals surface area (Å²) in [4.78, 5) is 0. The first-order valence-corrected chi connectivity index (χ1v) is 4.63. The van der Waals surface area contributed by atoms with Crippen molar-refractivity contribution in [3.63, 3.8) is 0 Å². The Morgan fingerprint density at radius 1 is 0.929 bits per heavy atom. The van der Waals surface area contributed by atoms with E-state index in [4.69, 9.17) is 0 Å². The van der Waals surface area contributed by atoms with Gasteiger partial charge in [0.2, 0.25) is 0 Å². The van der Waals surface area contributed by atoms with Crippen molar-refractivity contribution >= 4 is 0 Å². The van der Waals surface area contributed by atoms with Crippen LogP contribution >= 0.6 is 0 Å². The minimum Gasteiger partial charge on any atom is -0.387 e. The largest absolute Gasteiger partial charge is 0.387 e. The van der Waals surface area contributed by atoms with Gasteiger partial charge >= 0.3 is 0 Å². The Bertz CT molecular complexity index is 242. The molecule has 0 aromatic carbocycles. The molecule has 0 amide bonds. The van der Waals surface area contributed by atoms with E-state index in [1.807, 2.05) is 0 Å². The zero-order chi connectivity index (χ0) is 11.6. The molecule has 0 heterocycles. The summed E-state index contributed by atoms with van der Waals surface area (Å²) >= 11 is 0. The SMILES string of the molecule is CC(C)(O)C#CCC(C)(O)C(C)(C)O. The van der Waals surface area contributed by atoms with Crippen molar-refractivity contribution in [3.8, 4) is 11.8 Å².